The fourth-order valence-corrected chi connectivity index (χ4v) is 1.72. The van der Waals surface area contributed by atoms with Crippen LogP contribution in [-0.2, 0) is 0 Å². The average Bonchev–Trinajstić information content (AvgIpc) is 2.38. The lowest BCUT2D eigenvalue weighted by Gasteiger charge is -2.14. The Hall–Kier alpha value is -1.69. The lowest BCUT2D eigenvalue weighted by atomic mass is 10.0. The highest BCUT2D eigenvalue weighted by molar-refractivity contribution is 5.92. The van der Waals surface area contributed by atoms with E-state index in [4.69, 9.17) is 5.84 Å². The molecule has 0 bridgehead atoms. The maximum atomic E-state index is 11.9. The van der Waals surface area contributed by atoms with Crippen molar-refractivity contribution in [3.05, 3.63) is 18.1 Å². The molecule has 0 spiro atoms. The van der Waals surface area contributed by atoms with E-state index in [2.05, 4.69) is 34.6 Å². The van der Waals surface area contributed by atoms with E-state index in [1.165, 1.54) is 18.8 Å². The number of anilines is 1. The highest BCUT2D eigenvalue weighted by Crippen LogP contribution is 2.08. The molecule has 1 heterocycles. The van der Waals surface area contributed by atoms with Gasteiger partial charge in [0.1, 0.15) is 5.69 Å². The predicted molar refractivity (Wildman–Crippen MR) is 75.5 cm³/mol. The number of amides is 1. The number of hydrogen-bond donors (Lipinski definition) is 3. The van der Waals surface area contributed by atoms with Crippen molar-refractivity contribution in [1.82, 2.24) is 15.3 Å². The van der Waals surface area contributed by atoms with Crippen molar-refractivity contribution in [2.24, 2.45) is 11.8 Å². The Labute approximate surface area is 114 Å². The molecule has 0 aliphatic rings. The van der Waals surface area contributed by atoms with Gasteiger partial charge in [-0.25, -0.2) is 15.8 Å². The first-order valence-electron chi connectivity index (χ1n) is 6.62. The minimum Gasteiger partial charge on any atom is -0.348 e. The van der Waals surface area contributed by atoms with E-state index in [1.807, 2.05) is 6.92 Å². The van der Waals surface area contributed by atoms with Gasteiger partial charge in [0.15, 0.2) is 5.82 Å². The SMILES string of the molecule is CC(C)CCCC(C)NC(=O)c1cnc(NN)cn1. The first-order chi connectivity index (χ1) is 9.02. The molecule has 0 radical (unpaired) electrons. The zero-order valence-electron chi connectivity index (χ0n) is 11.8. The number of carbonyl (C=O) groups excluding carboxylic acids is 1. The van der Waals surface area contributed by atoms with E-state index in [-0.39, 0.29) is 11.9 Å². The van der Waals surface area contributed by atoms with Gasteiger partial charge >= 0.3 is 0 Å². The Morgan fingerprint density at radius 1 is 1.26 bits per heavy atom. The minimum absolute atomic E-state index is 0.139. The molecule has 1 amide bonds. The van der Waals surface area contributed by atoms with Crippen molar-refractivity contribution in [1.29, 1.82) is 0 Å². The second kappa shape index (κ2) is 7.68. The van der Waals surface area contributed by atoms with Crippen molar-refractivity contribution >= 4 is 11.7 Å². The maximum Gasteiger partial charge on any atom is 0.271 e. The summed E-state index contributed by atoms with van der Waals surface area (Å²) in [6, 6.07) is 0.139. The number of rotatable bonds is 7. The van der Waals surface area contributed by atoms with Crippen LogP contribution in [-0.4, -0.2) is 21.9 Å². The van der Waals surface area contributed by atoms with Crippen LogP contribution in [0, 0.1) is 5.92 Å². The normalized spacial score (nSPS) is 12.3. The van der Waals surface area contributed by atoms with Crippen LogP contribution in [0.1, 0.15) is 50.5 Å². The molecule has 1 rings (SSSR count). The molecule has 6 nitrogen and oxygen atoms in total. The first-order valence-corrected chi connectivity index (χ1v) is 6.62. The van der Waals surface area contributed by atoms with Crippen molar-refractivity contribution in [3.63, 3.8) is 0 Å². The molecule has 1 atom stereocenters. The molecule has 1 aromatic heterocycles. The fraction of sp³-hybridized carbons (Fsp3) is 0.615. The highest BCUT2D eigenvalue weighted by Gasteiger charge is 2.11. The van der Waals surface area contributed by atoms with Crippen LogP contribution in [0.25, 0.3) is 0 Å². The van der Waals surface area contributed by atoms with Crippen molar-refractivity contribution in [2.75, 3.05) is 5.43 Å². The third kappa shape index (κ3) is 5.65. The number of hydrazine groups is 1. The molecular weight excluding hydrogens is 242 g/mol. The molecule has 6 heteroatoms. The fourth-order valence-electron chi connectivity index (χ4n) is 1.72. The van der Waals surface area contributed by atoms with Gasteiger partial charge in [0.05, 0.1) is 12.4 Å². The van der Waals surface area contributed by atoms with Crippen LogP contribution >= 0.6 is 0 Å². The average molecular weight is 265 g/mol. The number of nitrogens with one attached hydrogen (secondary N) is 2. The lowest BCUT2D eigenvalue weighted by Crippen LogP contribution is -2.33. The largest absolute Gasteiger partial charge is 0.348 e. The summed E-state index contributed by atoms with van der Waals surface area (Å²) in [6.07, 6.45) is 6.10. The molecule has 0 saturated heterocycles. The summed E-state index contributed by atoms with van der Waals surface area (Å²) in [5.74, 6) is 6.11. The second-order valence-corrected chi connectivity index (χ2v) is 5.13. The van der Waals surface area contributed by atoms with Gasteiger partial charge in [-0.3, -0.25) is 4.79 Å². The van der Waals surface area contributed by atoms with Gasteiger partial charge in [0.2, 0.25) is 0 Å². The molecule has 1 unspecified atom stereocenters. The molecule has 106 valence electrons. The molecule has 0 aliphatic carbocycles. The lowest BCUT2D eigenvalue weighted by molar-refractivity contribution is 0.0932. The standard InChI is InChI=1S/C13H23N5O/c1-9(2)5-4-6-10(3)17-13(19)11-7-16-12(18-14)8-15-11/h7-10H,4-6,14H2,1-3H3,(H,16,18)(H,17,19). The highest BCUT2D eigenvalue weighted by atomic mass is 16.1. The smallest absolute Gasteiger partial charge is 0.271 e. The number of nitrogens with two attached hydrogens (primary N) is 1. The van der Waals surface area contributed by atoms with Crippen LogP contribution in [0.5, 0.6) is 0 Å². The van der Waals surface area contributed by atoms with Crippen molar-refractivity contribution in [3.8, 4) is 0 Å². The van der Waals surface area contributed by atoms with Crippen LogP contribution in [0.15, 0.2) is 12.4 Å². The quantitative estimate of drug-likeness (QED) is 0.515. The number of carbonyl (C=O) groups is 1. The zero-order chi connectivity index (χ0) is 14.3. The molecule has 0 aliphatic heterocycles. The summed E-state index contributed by atoms with van der Waals surface area (Å²) in [4.78, 5) is 19.8. The van der Waals surface area contributed by atoms with Gasteiger partial charge in [-0.2, -0.15) is 0 Å². The summed E-state index contributed by atoms with van der Waals surface area (Å²) in [5, 5.41) is 2.91. The Morgan fingerprint density at radius 3 is 2.53 bits per heavy atom. The van der Waals surface area contributed by atoms with Crippen LogP contribution < -0.4 is 16.6 Å². The monoisotopic (exact) mass is 265 g/mol. The molecule has 4 N–H and O–H groups in total. The molecule has 0 aromatic carbocycles. The summed E-state index contributed by atoms with van der Waals surface area (Å²) < 4.78 is 0. The maximum absolute atomic E-state index is 11.9. The van der Waals surface area contributed by atoms with E-state index in [9.17, 15) is 4.79 Å². The number of aromatic nitrogens is 2. The van der Waals surface area contributed by atoms with E-state index >= 15 is 0 Å². The van der Waals surface area contributed by atoms with Gasteiger partial charge in [0, 0.05) is 6.04 Å². The van der Waals surface area contributed by atoms with Gasteiger partial charge in [-0.1, -0.05) is 26.7 Å². The molecule has 19 heavy (non-hydrogen) atoms. The summed E-state index contributed by atoms with van der Waals surface area (Å²) in [6.45, 7) is 6.40. The Kier molecular flexibility index (Phi) is 6.21. The number of nitrogens with zero attached hydrogens (tertiary/aromatic N) is 2. The Morgan fingerprint density at radius 2 is 2.00 bits per heavy atom. The third-order valence-electron chi connectivity index (χ3n) is 2.83. The van der Waals surface area contributed by atoms with Gasteiger partial charge in [-0.05, 0) is 19.3 Å². The van der Waals surface area contributed by atoms with E-state index in [0.717, 1.165) is 12.8 Å². The van der Waals surface area contributed by atoms with E-state index in [0.29, 0.717) is 17.4 Å². The summed E-state index contributed by atoms with van der Waals surface area (Å²) in [5.41, 5.74) is 2.67. The van der Waals surface area contributed by atoms with Crippen molar-refractivity contribution < 1.29 is 4.79 Å². The van der Waals surface area contributed by atoms with Gasteiger partial charge < -0.3 is 10.7 Å². The summed E-state index contributed by atoms with van der Waals surface area (Å²) >= 11 is 0. The van der Waals surface area contributed by atoms with Crippen LogP contribution in [0.2, 0.25) is 0 Å². The van der Waals surface area contributed by atoms with Gasteiger partial charge in [-0.15, -0.1) is 0 Å². The molecule has 1 aromatic rings. The third-order valence-corrected chi connectivity index (χ3v) is 2.83. The van der Waals surface area contributed by atoms with Crippen LogP contribution in [0.4, 0.5) is 5.82 Å². The Balaban J connectivity index is 2.40. The van der Waals surface area contributed by atoms with Crippen LogP contribution in [0.3, 0.4) is 0 Å². The van der Waals surface area contributed by atoms with E-state index in [1.54, 1.807) is 0 Å². The molecule has 0 fully saturated rings. The second-order valence-electron chi connectivity index (χ2n) is 5.13. The topological polar surface area (TPSA) is 92.9 Å². The summed E-state index contributed by atoms with van der Waals surface area (Å²) in [7, 11) is 0. The molecule has 0 saturated carbocycles. The molecular formula is C13H23N5O. The number of nitrogen functional groups attached to an aromatic ring is 1. The van der Waals surface area contributed by atoms with E-state index < -0.39 is 0 Å². The minimum atomic E-state index is -0.201. The van der Waals surface area contributed by atoms with Gasteiger partial charge in [0.25, 0.3) is 5.91 Å². The van der Waals surface area contributed by atoms with Crippen molar-refractivity contribution in [2.45, 2.75) is 46.1 Å². The predicted octanol–water partition coefficient (Wildman–Crippen LogP) is 1.71. The Bertz CT molecular complexity index is 391. The first kappa shape index (κ1) is 15.4. The zero-order valence-corrected chi connectivity index (χ0v) is 11.8. The number of hydrogen-bond acceptors (Lipinski definition) is 5.